The lowest BCUT2D eigenvalue weighted by Crippen LogP contribution is -2.11. The van der Waals surface area contributed by atoms with Crippen LogP contribution in [-0.2, 0) is 6.61 Å². The van der Waals surface area contributed by atoms with E-state index >= 15 is 0 Å². The number of aryl methyl sites for hydroxylation is 2. The number of rotatable bonds is 5. The maximum Gasteiger partial charge on any atom is 0.255 e. The van der Waals surface area contributed by atoms with Crippen LogP contribution in [0.15, 0.2) is 47.0 Å². The molecule has 7 heteroatoms. The van der Waals surface area contributed by atoms with Crippen LogP contribution in [0.1, 0.15) is 27.4 Å². The van der Waals surface area contributed by atoms with E-state index in [4.69, 9.17) is 18.7 Å². The van der Waals surface area contributed by atoms with E-state index in [0.717, 1.165) is 17.0 Å². The Labute approximate surface area is 155 Å². The number of benzene rings is 2. The summed E-state index contributed by atoms with van der Waals surface area (Å²) >= 11 is 0. The van der Waals surface area contributed by atoms with E-state index in [2.05, 4.69) is 10.5 Å². The molecule has 1 aliphatic heterocycles. The average molecular weight is 366 g/mol. The number of anilines is 1. The lowest BCUT2D eigenvalue weighted by Gasteiger charge is -2.08. The number of hydrogen-bond acceptors (Lipinski definition) is 6. The summed E-state index contributed by atoms with van der Waals surface area (Å²) in [5, 5.41) is 6.74. The van der Waals surface area contributed by atoms with Gasteiger partial charge >= 0.3 is 0 Å². The molecule has 7 nitrogen and oxygen atoms in total. The van der Waals surface area contributed by atoms with E-state index in [0.29, 0.717) is 35.1 Å². The molecule has 2 heterocycles. The van der Waals surface area contributed by atoms with Crippen LogP contribution in [0.3, 0.4) is 0 Å². The molecule has 3 aromatic rings. The molecule has 0 unspecified atom stereocenters. The molecule has 0 atom stereocenters. The standard InChI is InChI=1S/C20H18N2O5/c1-12-17(13(2)27-22-12)10-24-16-6-3-14(4-7-16)20(23)21-15-5-8-18-19(9-15)26-11-25-18/h3-9H,10-11H2,1-2H3,(H,21,23). The van der Waals surface area contributed by atoms with Gasteiger partial charge in [0.05, 0.1) is 11.3 Å². The highest BCUT2D eigenvalue weighted by Crippen LogP contribution is 2.34. The second kappa shape index (κ2) is 7.03. The van der Waals surface area contributed by atoms with Gasteiger partial charge in [0.15, 0.2) is 11.5 Å². The molecule has 1 aliphatic rings. The highest BCUT2D eigenvalue weighted by molar-refractivity contribution is 6.04. The van der Waals surface area contributed by atoms with Gasteiger partial charge in [0.2, 0.25) is 6.79 Å². The summed E-state index contributed by atoms with van der Waals surface area (Å²) in [4.78, 5) is 12.4. The number of ether oxygens (including phenoxy) is 3. The molecule has 1 aromatic heterocycles. The summed E-state index contributed by atoms with van der Waals surface area (Å²) in [5.41, 5.74) is 2.91. The summed E-state index contributed by atoms with van der Waals surface area (Å²) in [7, 11) is 0. The van der Waals surface area contributed by atoms with Gasteiger partial charge in [0.1, 0.15) is 18.1 Å². The maximum absolute atomic E-state index is 12.4. The fourth-order valence-corrected chi connectivity index (χ4v) is 2.74. The minimum atomic E-state index is -0.217. The molecule has 4 rings (SSSR count). The molecule has 138 valence electrons. The van der Waals surface area contributed by atoms with Crippen molar-refractivity contribution in [3.63, 3.8) is 0 Å². The van der Waals surface area contributed by atoms with Gasteiger partial charge in [-0.25, -0.2) is 0 Å². The van der Waals surface area contributed by atoms with Crippen molar-refractivity contribution < 1.29 is 23.5 Å². The van der Waals surface area contributed by atoms with Gasteiger partial charge in [-0.15, -0.1) is 0 Å². The smallest absolute Gasteiger partial charge is 0.255 e. The molecule has 0 spiro atoms. The summed E-state index contributed by atoms with van der Waals surface area (Å²) in [6, 6.07) is 12.2. The number of nitrogens with one attached hydrogen (secondary N) is 1. The molecular weight excluding hydrogens is 348 g/mol. The van der Waals surface area contributed by atoms with E-state index in [1.165, 1.54) is 0 Å². The van der Waals surface area contributed by atoms with Crippen molar-refractivity contribution in [3.05, 3.63) is 65.0 Å². The Bertz CT molecular complexity index is 959. The lowest BCUT2D eigenvalue weighted by molar-refractivity contribution is 0.102. The lowest BCUT2D eigenvalue weighted by atomic mass is 10.2. The van der Waals surface area contributed by atoms with Gasteiger partial charge < -0.3 is 24.1 Å². The van der Waals surface area contributed by atoms with Gasteiger partial charge in [-0.05, 0) is 50.2 Å². The number of aromatic nitrogens is 1. The first-order valence-corrected chi connectivity index (χ1v) is 8.46. The third-order valence-corrected chi connectivity index (χ3v) is 4.31. The van der Waals surface area contributed by atoms with Gasteiger partial charge in [-0.2, -0.15) is 0 Å². The van der Waals surface area contributed by atoms with Crippen LogP contribution < -0.4 is 19.5 Å². The van der Waals surface area contributed by atoms with Crippen LogP contribution in [0.4, 0.5) is 5.69 Å². The van der Waals surface area contributed by atoms with Gasteiger partial charge in [-0.3, -0.25) is 4.79 Å². The van der Waals surface area contributed by atoms with Crippen molar-refractivity contribution in [2.75, 3.05) is 12.1 Å². The number of amides is 1. The highest BCUT2D eigenvalue weighted by Gasteiger charge is 2.15. The molecule has 0 bridgehead atoms. The van der Waals surface area contributed by atoms with Crippen molar-refractivity contribution in [2.45, 2.75) is 20.5 Å². The molecule has 0 fully saturated rings. The number of carbonyl (C=O) groups is 1. The first-order valence-electron chi connectivity index (χ1n) is 8.46. The number of carbonyl (C=O) groups excluding carboxylic acids is 1. The molecule has 0 radical (unpaired) electrons. The summed E-state index contributed by atoms with van der Waals surface area (Å²) in [5.74, 6) is 2.48. The van der Waals surface area contributed by atoms with Gasteiger partial charge in [0.25, 0.3) is 5.91 Å². The summed E-state index contributed by atoms with van der Waals surface area (Å²) in [6.45, 7) is 4.28. The minimum Gasteiger partial charge on any atom is -0.489 e. The molecule has 2 aromatic carbocycles. The fraction of sp³-hybridized carbons (Fsp3) is 0.200. The van der Waals surface area contributed by atoms with Crippen LogP contribution in [0.5, 0.6) is 17.2 Å². The number of fused-ring (bicyclic) bond motifs is 1. The third-order valence-electron chi connectivity index (χ3n) is 4.31. The van der Waals surface area contributed by atoms with E-state index in [-0.39, 0.29) is 12.7 Å². The zero-order valence-corrected chi connectivity index (χ0v) is 14.9. The van der Waals surface area contributed by atoms with Crippen molar-refractivity contribution in [3.8, 4) is 17.2 Å². The Morgan fingerprint density at radius 1 is 1.11 bits per heavy atom. The second-order valence-corrected chi connectivity index (χ2v) is 6.14. The van der Waals surface area contributed by atoms with E-state index in [1.54, 1.807) is 42.5 Å². The Hall–Kier alpha value is -3.48. The van der Waals surface area contributed by atoms with Gasteiger partial charge in [0, 0.05) is 17.3 Å². The zero-order valence-electron chi connectivity index (χ0n) is 14.9. The van der Waals surface area contributed by atoms with Crippen molar-refractivity contribution in [2.24, 2.45) is 0 Å². The van der Waals surface area contributed by atoms with Crippen molar-refractivity contribution in [1.82, 2.24) is 5.16 Å². The normalized spacial score (nSPS) is 12.1. The molecule has 0 saturated heterocycles. The van der Waals surface area contributed by atoms with Crippen LogP contribution >= 0.6 is 0 Å². The molecule has 0 aliphatic carbocycles. The van der Waals surface area contributed by atoms with E-state index in [9.17, 15) is 4.79 Å². The van der Waals surface area contributed by atoms with Crippen molar-refractivity contribution in [1.29, 1.82) is 0 Å². The van der Waals surface area contributed by atoms with Crippen LogP contribution in [-0.4, -0.2) is 17.9 Å². The largest absolute Gasteiger partial charge is 0.489 e. The van der Waals surface area contributed by atoms with E-state index < -0.39 is 0 Å². The minimum absolute atomic E-state index is 0.197. The van der Waals surface area contributed by atoms with Gasteiger partial charge in [-0.1, -0.05) is 5.16 Å². The summed E-state index contributed by atoms with van der Waals surface area (Å²) in [6.07, 6.45) is 0. The van der Waals surface area contributed by atoms with E-state index in [1.807, 2.05) is 13.8 Å². The molecule has 1 N–H and O–H groups in total. The number of hydrogen-bond donors (Lipinski definition) is 1. The van der Waals surface area contributed by atoms with Crippen LogP contribution in [0, 0.1) is 13.8 Å². The Balaban J connectivity index is 1.39. The Kier molecular flexibility index (Phi) is 4.42. The third kappa shape index (κ3) is 3.57. The van der Waals surface area contributed by atoms with Crippen LogP contribution in [0.25, 0.3) is 0 Å². The Morgan fingerprint density at radius 3 is 2.63 bits per heavy atom. The molecular formula is C20H18N2O5. The maximum atomic E-state index is 12.4. The monoisotopic (exact) mass is 366 g/mol. The Morgan fingerprint density at radius 2 is 1.89 bits per heavy atom. The van der Waals surface area contributed by atoms with Crippen LogP contribution in [0.2, 0.25) is 0 Å². The molecule has 1 amide bonds. The second-order valence-electron chi connectivity index (χ2n) is 6.14. The first-order chi connectivity index (χ1) is 13.1. The quantitative estimate of drug-likeness (QED) is 0.738. The first kappa shape index (κ1) is 17.0. The average Bonchev–Trinajstić information content (AvgIpc) is 3.26. The molecule has 0 saturated carbocycles. The highest BCUT2D eigenvalue weighted by atomic mass is 16.7. The van der Waals surface area contributed by atoms with Crippen molar-refractivity contribution >= 4 is 11.6 Å². The fourth-order valence-electron chi connectivity index (χ4n) is 2.74. The molecule has 27 heavy (non-hydrogen) atoms. The predicted octanol–water partition coefficient (Wildman–Crippen LogP) is 3.85. The predicted molar refractivity (Wildman–Crippen MR) is 97.3 cm³/mol. The zero-order chi connectivity index (χ0) is 18.8. The summed E-state index contributed by atoms with van der Waals surface area (Å²) < 4.78 is 21.4. The SMILES string of the molecule is Cc1noc(C)c1COc1ccc(C(=O)Nc2ccc3c(c2)OCO3)cc1. The topological polar surface area (TPSA) is 82.8 Å². The number of nitrogens with zero attached hydrogens (tertiary/aromatic N) is 1.